The number of benzene rings is 1. The molecule has 0 spiro atoms. The van der Waals surface area contributed by atoms with Gasteiger partial charge in [0.05, 0.1) is 4.90 Å². The van der Waals surface area contributed by atoms with Crippen LogP contribution in [-0.2, 0) is 10.0 Å². The highest BCUT2D eigenvalue weighted by molar-refractivity contribution is 7.89. The van der Waals surface area contributed by atoms with Gasteiger partial charge in [0.2, 0.25) is 10.0 Å². The Labute approximate surface area is 178 Å². The van der Waals surface area contributed by atoms with Gasteiger partial charge in [0.1, 0.15) is 0 Å². The highest BCUT2D eigenvalue weighted by Gasteiger charge is 2.31. The summed E-state index contributed by atoms with van der Waals surface area (Å²) >= 11 is 0. The lowest BCUT2D eigenvalue weighted by atomic mass is 9.96. The second-order valence-electron chi connectivity index (χ2n) is 7.70. The van der Waals surface area contributed by atoms with Crippen LogP contribution in [0.2, 0.25) is 0 Å². The lowest BCUT2D eigenvalue weighted by Gasteiger charge is -2.35. The molecule has 2 fully saturated rings. The van der Waals surface area contributed by atoms with E-state index in [0.29, 0.717) is 19.6 Å². The molecule has 1 heterocycles. The van der Waals surface area contributed by atoms with E-state index in [2.05, 4.69) is 17.2 Å². The van der Waals surface area contributed by atoms with Gasteiger partial charge in [-0.1, -0.05) is 31.4 Å². The number of urea groups is 1. The van der Waals surface area contributed by atoms with Crippen molar-refractivity contribution in [3.63, 3.8) is 0 Å². The van der Waals surface area contributed by atoms with Crippen molar-refractivity contribution in [2.24, 2.45) is 0 Å². The van der Waals surface area contributed by atoms with Crippen molar-refractivity contribution in [1.82, 2.24) is 19.8 Å². The van der Waals surface area contributed by atoms with Crippen LogP contribution in [0, 0.1) is 0 Å². The molecule has 0 atom stereocenters. The first kappa shape index (κ1) is 22.3. The van der Waals surface area contributed by atoms with E-state index < -0.39 is 10.0 Å². The van der Waals surface area contributed by atoms with E-state index in [1.165, 1.54) is 22.9 Å². The Morgan fingerprint density at radius 3 is 2.47 bits per heavy atom. The summed E-state index contributed by atoms with van der Waals surface area (Å²) in [6.07, 6.45) is 7.08. The van der Waals surface area contributed by atoms with Crippen LogP contribution in [0.3, 0.4) is 0 Å². The van der Waals surface area contributed by atoms with Crippen LogP contribution in [0.4, 0.5) is 4.79 Å². The highest BCUT2D eigenvalue weighted by atomic mass is 32.2. The second kappa shape index (κ2) is 10.1. The molecule has 2 N–H and O–H groups in total. The average molecular weight is 435 g/mol. The molecule has 3 amide bonds. The fourth-order valence-corrected chi connectivity index (χ4v) is 5.33. The number of rotatable bonds is 6. The molecule has 0 radical (unpaired) electrons. The van der Waals surface area contributed by atoms with Crippen molar-refractivity contribution < 1.29 is 18.0 Å². The first-order chi connectivity index (χ1) is 14.4. The minimum atomic E-state index is -3.74. The zero-order chi connectivity index (χ0) is 21.6. The number of hydrogen-bond donors (Lipinski definition) is 2. The molecule has 30 heavy (non-hydrogen) atoms. The third-order valence-corrected chi connectivity index (χ3v) is 7.49. The summed E-state index contributed by atoms with van der Waals surface area (Å²) in [4.78, 5) is 26.4. The smallest absolute Gasteiger partial charge is 0.317 e. The molecule has 9 heteroatoms. The zero-order valence-electron chi connectivity index (χ0n) is 17.2. The fraction of sp³-hybridized carbons (Fsp3) is 0.524. The van der Waals surface area contributed by atoms with Gasteiger partial charge < -0.3 is 15.5 Å². The first-order valence-corrected chi connectivity index (χ1v) is 11.9. The molecule has 1 aromatic rings. The molecule has 2 aliphatic rings. The van der Waals surface area contributed by atoms with Crippen LogP contribution >= 0.6 is 0 Å². The van der Waals surface area contributed by atoms with Crippen molar-refractivity contribution in [3.8, 4) is 0 Å². The minimum Gasteiger partial charge on any atom is -0.349 e. The van der Waals surface area contributed by atoms with Gasteiger partial charge in [-0.05, 0) is 31.0 Å². The van der Waals surface area contributed by atoms with Crippen LogP contribution in [-0.4, -0.2) is 68.3 Å². The van der Waals surface area contributed by atoms with E-state index in [1.807, 2.05) is 0 Å². The Morgan fingerprint density at radius 2 is 1.80 bits per heavy atom. The van der Waals surface area contributed by atoms with Gasteiger partial charge in [-0.25, -0.2) is 13.2 Å². The zero-order valence-corrected chi connectivity index (χ0v) is 18.0. The maximum absolute atomic E-state index is 13.0. The molecule has 0 unspecified atom stereocenters. The average Bonchev–Trinajstić information content (AvgIpc) is 2.78. The lowest BCUT2D eigenvalue weighted by molar-refractivity contribution is 0.0957. The summed E-state index contributed by atoms with van der Waals surface area (Å²) in [5.74, 6) is -0.351. The van der Waals surface area contributed by atoms with Gasteiger partial charge >= 0.3 is 6.03 Å². The number of piperazine rings is 1. The number of sulfonamides is 1. The maximum atomic E-state index is 13.0. The van der Waals surface area contributed by atoms with Crippen LogP contribution in [0.5, 0.6) is 0 Å². The summed E-state index contributed by atoms with van der Waals surface area (Å²) in [6.45, 7) is 5.00. The molecule has 0 bridgehead atoms. The summed E-state index contributed by atoms with van der Waals surface area (Å²) in [5, 5.41) is 5.72. The van der Waals surface area contributed by atoms with Gasteiger partial charge in [-0.3, -0.25) is 4.79 Å². The third-order valence-electron chi connectivity index (χ3n) is 5.60. The molecule has 1 saturated carbocycles. The van der Waals surface area contributed by atoms with Crippen molar-refractivity contribution in [2.45, 2.75) is 43.0 Å². The molecule has 8 nitrogen and oxygen atoms in total. The maximum Gasteiger partial charge on any atom is 0.317 e. The summed E-state index contributed by atoms with van der Waals surface area (Å²) in [6, 6.07) is 6.12. The topological polar surface area (TPSA) is 98.8 Å². The quantitative estimate of drug-likeness (QED) is 0.669. The number of carbonyl (C=O) groups excluding carboxylic acids is 2. The van der Waals surface area contributed by atoms with Gasteiger partial charge in [0.25, 0.3) is 5.91 Å². The SMILES string of the molecule is C=CCNC(=O)c1cccc(S(=O)(=O)N2CCN(C(=O)NC3CCCCC3)CC2)c1. The molecule has 164 valence electrons. The minimum absolute atomic E-state index is 0.0776. The van der Waals surface area contributed by atoms with Crippen LogP contribution < -0.4 is 10.6 Å². The Kier molecular flexibility index (Phi) is 7.49. The van der Waals surface area contributed by atoms with Crippen molar-refractivity contribution in [2.75, 3.05) is 32.7 Å². The molecule has 1 saturated heterocycles. The summed E-state index contributed by atoms with van der Waals surface area (Å²) < 4.78 is 27.4. The standard InChI is InChI=1S/C21H30N4O4S/c1-2-11-22-20(26)17-7-6-10-19(16-17)30(28,29)25-14-12-24(13-15-25)21(27)23-18-8-4-3-5-9-18/h2,6-7,10,16,18H,1,3-5,8-9,11-15H2,(H,22,26)(H,23,27). The van der Waals surface area contributed by atoms with E-state index in [-0.39, 0.29) is 41.5 Å². The predicted octanol–water partition coefficient (Wildman–Crippen LogP) is 1.95. The summed E-state index contributed by atoms with van der Waals surface area (Å²) in [5.41, 5.74) is 0.281. The Hall–Kier alpha value is -2.39. The van der Waals surface area contributed by atoms with Crippen LogP contribution in [0.15, 0.2) is 41.8 Å². The molecule has 1 aliphatic carbocycles. The number of amides is 3. The van der Waals surface area contributed by atoms with Crippen molar-refractivity contribution in [1.29, 1.82) is 0 Å². The first-order valence-electron chi connectivity index (χ1n) is 10.5. The van der Waals surface area contributed by atoms with Gasteiger partial charge in [0.15, 0.2) is 0 Å². The van der Waals surface area contributed by atoms with E-state index in [1.54, 1.807) is 23.1 Å². The van der Waals surface area contributed by atoms with Gasteiger partial charge in [-0.15, -0.1) is 6.58 Å². The Bertz CT molecular complexity index is 873. The number of hydrogen-bond acceptors (Lipinski definition) is 4. The largest absolute Gasteiger partial charge is 0.349 e. The summed E-state index contributed by atoms with van der Waals surface area (Å²) in [7, 11) is -3.74. The molecule has 3 rings (SSSR count). The number of nitrogens with one attached hydrogen (secondary N) is 2. The van der Waals surface area contributed by atoms with Crippen LogP contribution in [0.1, 0.15) is 42.5 Å². The van der Waals surface area contributed by atoms with E-state index >= 15 is 0 Å². The normalized spacial score (nSPS) is 18.6. The van der Waals surface area contributed by atoms with E-state index in [9.17, 15) is 18.0 Å². The van der Waals surface area contributed by atoms with Gasteiger partial charge in [-0.2, -0.15) is 4.31 Å². The van der Waals surface area contributed by atoms with E-state index in [0.717, 1.165) is 25.7 Å². The molecule has 1 aromatic carbocycles. The number of nitrogens with zero attached hydrogens (tertiary/aromatic N) is 2. The highest BCUT2D eigenvalue weighted by Crippen LogP contribution is 2.20. The third kappa shape index (κ3) is 5.40. The Balaban J connectivity index is 1.59. The second-order valence-corrected chi connectivity index (χ2v) is 9.64. The van der Waals surface area contributed by atoms with Gasteiger partial charge in [0, 0.05) is 44.3 Å². The lowest BCUT2D eigenvalue weighted by Crippen LogP contribution is -2.54. The molecule has 0 aromatic heterocycles. The molecular weight excluding hydrogens is 404 g/mol. The molecule has 1 aliphatic heterocycles. The number of carbonyl (C=O) groups is 2. The van der Waals surface area contributed by atoms with Crippen LogP contribution in [0.25, 0.3) is 0 Å². The Morgan fingerprint density at radius 1 is 1.10 bits per heavy atom. The van der Waals surface area contributed by atoms with Crippen molar-refractivity contribution >= 4 is 22.0 Å². The van der Waals surface area contributed by atoms with Crippen molar-refractivity contribution in [3.05, 3.63) is 42.5 Å². The predicted molar refractivity (Wildman–Crippen MR) is 115 cm³/mol. The molecular formula is C21H30N4O4S. The fourth-order valence-electron chi connectivity index (χ4n) is 3.86. The van der Waals surface area contributed by atoms with E-state index in [4.69, 9.17) is 0 Å². The monoisotopic (exact) mass is 434 g/mol.